The van der Waals surface area contributed by atoms with Gasteiger partial charge in [-0.2, -0.15) is 0 Å². The van der Waals surface area contributed by atoms with Crippen LogP contribution in [0.5, 0.6) is 0 Å². The molecular weight excluding hydrogens is 295 g/mol. The third kappa shape index (κ3) is 3.88. The summed E-state index contributed by atoms with van der Waals surface area (Å²) in [4.78, 5) is 19.9. The molecule has 0 radical (unpaired) electrons. The molecule has 0 aromatic carbocycles. The zero-order valence-electron chi connectivity index (χ0n) is 11.4. The molecule has 2 aromatic heterocycles. The van der Waals surface area contributed by atoms with E-state index in [1.807, 2.05) is 6.92 Å². The van der Waals surface area contributed by atoms with E-state index >= 15 is 0 Å². The lowest BCUT2D eigenvalue weighted by molar-refractivity contribution is 0.102. The van der Waals surface area contributed by atoms with E-state index in [0.29, 0.717) is 17.4 Å². The molecule has 0 saturated carbocycles. The Morgan fingerprint density at radius 3 is 2.81 bits per heavy atom. The van der Waals surface area contributed by atoms with Crippen molar-refractivity contribution in [1.29, 1.82) is 0 Å². The van der Waals surface area contributed by atoms with Crippen molar-refractivity contribution < 1.29 is 9.18 Å². The molecule has 0 atom stereocenters. The largest absolute Gasteiger partial charge is 0.368 e. The van der Waals surface area contributed by atoms with Crippen molar-refractivity contribution in [2.75, 3.05) is 17.2 Å². The zero-order valence-corrected chi connectivity index (χ0v) is 12.1. The summed E-state index contributed by atoms with van der Waals surface area (Å²) in [5.41, 5.74) is -0.0969. The highest BCUT2D eigenvalue weighted by atomic mass is 35.5. The average Bonchev–Trinajstić information content (AvgIpc) is 2.48. The number of rotatable bonds is 5. The molecule has 0 bridgehead atoms. The third-order valence-electron chi connectivity index (χ3n) is 2.65. The maximum absolute atomic E-state index is 14.2. The topological polar surface area (TPSA) is 66.9 Å². The highest BCUT2D eigenvalue weighted by molar-refractivity contribution is 6.30. The number of halogens is 2. The molecule has 2 aromatic rings. The normalized spacial score (nSPS) is 10.2. The second kappa shape index (κ2) is 6.99. The van der Waals surface area contributed by atoms with E-state index in [1.165, 1.54) is 24.5 Å². The minimum atomic E-state index is -0.683. The monoisotopic (exact) mass is 308 g/mol. The van der Waals surface area contributed by atoms with Gasteiger partial charge in [0.2, 0.25) is 0 Å². The minimum absolute atomic E-state index is 0.0635. The summed E-state index contributed by atoms with van der Waals surface area (Å²) < 4.78 is 14.2. The van der Waals surface area contributed by atoms with Crippen LogP contribution in [0.15, 0.2) is 30.6 Å². The van der Waals surface area contributed by atoms with Crippen LogP contribution in [0.3, 0.4) is 0 Å². The van der Waals surface area contributed by atoms with Crippen molar-refractivity contribution in [1.82, 2.24) is 9.97 Å². The summed E-state index contributed by atoms with van der Waals surface area (Å²) in [6.45, 7) is 2.53. The molecule has 0 aliphatic carbocycles. The highest BCUT2D eigenvalue weighted by Crippen LogP contribution is 2.17. The summed E-state index contributed by atoms with van der Waals surface area (Å²) in [6.07, 6.45) is 3.60. The minimum Gasteiger partial charge on any atom is -0.368 e. The Kier molecular flexibility index (Phi) is 5.05. The first-order valence-electron chi connectivity index (χ1n) is 6.43. The number of nitrogens with one attached hydrogen (secondary N) is 2. The van der Waals surface area contributed by atoms with Crippen molar-refractivity contribution in [3.63, 3.8) is 0 Å². The van der Waals surface area contributed by atoms with Gasteiger partial charge in [-0.25, -0.2) is 14.4 Å². The van der Waals surface area contributed by atoms with Gasteiger partial charge in [0.15, 0.2) is 11.6 Å². The molecule has 0 fully saturated rings. The number of carbonyl (C=O) groups is 1. The van der Waals surface area contributed by atoms with Gasteiger partial charge in [0.25, 0.3) is 5.91 Å². The van der Waals surface area contributed by atoms with Crippen molar-refractivity contribution >= 4 is 29.1 Å². The maximum Gasteiger partial charge on any atom is 0.259 e. The Bertz CT molecular complexity index is 633. The van der Waals surface area contributed by atoms with Crippen LogP contribution in [-0.4, -0.2) is 22.4 Å². The van der Waals surface area contributed by atoms with Crippen LogP contribution < -0.4 is 10.6 Å². The standard InChI is InChI=1S/C14H14ClFN4O/c1-2-6-17-13-12(16)10(5-7-18-13)14(21)20-11-4-3-9(15)8-19-11/h3-5,7-8H,2,6H2,1H3,(H,17,18)(H,19,20,21). The summed E-state index contributed by atoms with van der Waals surface area (Å²) in [5.74, 6) is -0.918. The number of nitrogens with zero attached hydrogens (tertiary/aromatic N) is 2. The highest BCUT2D eigenvalue weighted by Gasteiger charge is 2.16. The van der Waals surface area contributed by atoms with Crippen LogP contribution in [0.25, 0.3) is 0 Å². The van der Waals surface area contributed by atoms with Crippen molar-refractivity contribution in [3.05, 3.63) is 47.0 Å². The van der Waals surface area contributed by atoms with Crippen LogP contribution in [0.1, 0.15) is 23.7 Å². The first kappa shape index (κ1) is 15.2. The van der Waals surface area contributed by atoms with Crippen molar-refractivity contribution in [2.45, 2.75) is 13.3 Å². The first-order valence-corrected chi connectivity index (χ1v) is 6.81. The molecule has 7 heteroatoms. The Morgan fingerprint density at radius 2 is 2.14 bits per heavy atom. The SMILES string of the molecule is CCCNc1nccc(C(=O)Nc2ccc(Cl)cn2)c1F. The molecule has 1 amide bonds. The number of carbonyl (C=O) groups excluding carboxylic acids is 1. The lowest BCUT2D eigenvalue weighted by Crippen LogP contribution is -2.16. The predicted octanol–water partition coefficient (Wildman–Crippen LogP) is 3.34. The second-order valence-corrected chi connectivity index (χ2v) is 4.70. The Morgan fingerprint density at radius 1 is 1.33 bits per heavy atom. The number of amides is 1. The predicted molar refractivity (Wildman–Crippen MR) is 80.2 cm³/mol. The maximum atomic E-state index is 14.2. The summed E-state index contributed by atoms with van der Waals surface area (Å²) >= 11 is 5.71. The van der Waals surface area contributed by atoms with Gasteiger partial charge >= 0.3 is 0 Å². The molecule has 5 nitrogen and oxygen atoms in total. The lowest BCUT2D eigenvalue weighted by Gasteiger charge is -2.09. The van der Waals surface area contributed by atoms with E-state index in [4.69, 9.17) is 11.6 Å². The van der Waals surface area contributed by atoms with Gasteiger partial charge in [0.1, 0.15) is 5.82 Å². The number of hydrogen-bond acceptors (Lipinski definition) is 4. The average molecular weight is 309 g/mol. The number of hydrogen-bond donors (Lipinski definition) is 2. The summed E-state index contributed by atoms with van der Waals surface area (Å²) in [7, 11) is 0. The van der Waals surface area contributed by atoms with Gasteiger partial charge in [-0.05, 0) is 24.6 Å². The van der Waals surface area contributed by atoms with Gasteiger partial charge in [0, 0.05) is 18.9 Å². The molecule has 110 valence electrons. The van der Waals surface area contributed by atoms with E-state index in [2.05, 4.69) is 20.6 Å². The Balaban J connectivity index is 2.17. The zero-order chi connectivity index (χ0) is 15.2. The fraction of sp³-hybridized carbons (Fsp3) is 0.214. The number of pyridine rings is 2. The van der Waals surface area contributed by atoms with Gasteiger partial charge in [-0.15, -0.1) is 0 Å². The van der Waals surface area contributed by atoms with Crippen molar-refractivity contribution in [3.8, 4) is 0 Å². The molecule has 2 N–H and O–H groups in total. The van der Waals surface area contributed by atoms with E-state index < -0.39 is 11.7 Å². The second-order valence-electron chi connectivity index (χ2n) is 4.26. The molecule has 0 saturated heterocycles. The van der Waals surface area contributed by atoms with E-state index in [0.717, 1.165) is 6.42 Å². The Hall–Kier alpha value is -2.21. The molecule has 0 aliphatic rings. The van der Waals surface area contributed by atoms with Crippen LogP contribution >= 0.6 is 11.6 Å². The van der Waals surface area contributed by atoms with E-state index in [9.17, 15) is 9.18 Å². The number of aromatic nitrogens is 2. The van der Waals surface area contributed by atoms with E-state index in [-0.39, 0.29) is 11.4 Å². The van der Waals surface area contributed by atoms with Gasteiger partial charge in [-0.1, -0.05) is 18.5 Å². The van der Waals surface area contributed by atoms with E-state index in [1.54, 1.807) is 6.07 Å². The van der Waals surface area contributed by atoms with Crippen molar-refractivity contribution in [2.24, 2.45) is 0 Å². The summed E-state index contributed by atoms with van der Waals surface area (Å²) in [6, 6.07) is 4.44. The van der Waals surface area contributed by atoms with Crippen LogP contribution in [0.4, 0.5) is 16.0 Å². The molecule has 2 rings (SSSR count). The molecule has 0 spiro atoms. The molecule has 0 aliphatic heterocycles. The smallest absolute Gasteiger partial charge is 0.259 e. The quantitative estimate of drug-likeness (QED) is 0.889. The molecule has 0 unspecified atom stereocenters. The van der Waals surface area contributed by atoms with Gasteiger partial charge in [-0.3, -0.25) is 4.79 Å². The molecular formula is C14H14ClFN4O. The third-order valence-corrected chi connectivity index (χ3v) is 2.87. The number of anilines is 2. The van der Waals surface area contributed by atoms with Crippen LogP contribution in [-0.2, 0) is 0 Å². The fourth-order valence-corrected chi connectivity index (χ4v) is 1.73. The van der Waals surface area contributed by atoms with Gasteiger partial charge in [0.05, 0.1) is 10.6 Å². The van der Waals surface area contributed by atoms with Crippen LogP contribution in [0.2, 0.25) is 5.02 Å². The summed E-state index contributed by atoms with van der Waals surface area (Å²) in [5, 5.41) is 5.79. The van der Waals surface area contributed by atoms with Crippen LogP contribution in [0, 0.1) is 5.82 Å². The van der Waals surface area contributed by atoms with Gasteiger partial charge < -0.3 is 10.6 Å². The first-order chi connectivity index (χ1) is 10.1. The fourth-order valence-electron chi connectivity index (χ4n) is 1.62. The Labute approximate surface area is 126 Å². The molecule has 21 heavy (non-hydrogen) atoms. The lowest BCUT2D eigenvalue weighted by atomic mass is 10.2. The molecule has 2 heterocycles.